The van der Waals surface area contributed by atoms with Gasteiger partial charge in [-0.1, -0.05) is 53.7 Å². The summed E-state index contributed by atoms with van der Waals surface area (Å²) < 4.78 is 16.2. The summed E-state index contributed by atoms with van der Waals surface area (Å²) in [5, 5.41) is 2.06. The van der Waals surface area contributed by atoms with Gasteiger partial charge in [0, 0.05) is 29.6 Å². The molecule has 3 heterocycles. The third kappa shape index (κ3) is 3.43. The number of hydrogen-bond donors (Lipinski definition) is 0. The number of benzene rings is 1. The molecule has 1 aromatic carbocycles. The van der Waals surface area contributed by atoms with Gasteiger partial charge in [0.15, 0.2) is 0 Å². The Morgan fingerprint density at radius 3 is 2.38 bits per heavy atom. The maximum Gasteiger partial charge on any atom is 0.227 e. The maximum atomic E-state index is 9.92. The average molecular weight is 428 g/mol. The first-order valence-corrected chi connectivity index (χ1v) is 11.6. The van der Waals surface area contributed by atoms with Gasteiger partial charge in [-0.05, 0) is 77.8 Å². The highest BCUT2D eigenvalue weighted by atomic mass is 16.3. The molecule has 32 heavy (non-hydrogen) atoms. The van der Waals surface area contributed by atoms with Crippen LogP contribution in [0.1, 0.15) is 72.9 Å². The summed E-state index contributed by atoms with van der Waals surface area (Å²) in [5.41, 5.74) is 5.03. The zero-order chi connectivity index (χ0) is 23.8. The van der Waals surface area contributed by atoms with Crippen LogP contribution >= 0.6 is 0 Å². The standard InChI is InChI=1S/C29H34N2O/c1-18-11-12-21-20-9-8-10-22(24(20)32-26(21)31-18)23-15-19(13-14-30-23)25-28(4,5)16-27(2,3)17-29(25,6)7/h8-15,25H,16-17H2,1-7H3/i25D. The minimum atomic E-state index is -0.742. The second-order valence-electron chi connectivity index (χ2n) is 11.7. The van der Waals surface area contributed by atoms with E-state index in [1.54, 1.807) is 0 Å². The lowest BCUT2D eigenvalue weighted by Crippen LogP contribution is -2.45. The number of aryl methyl sites for hydroxylation is 1. The van der Waals surface area contributed by atoms with Crippen LogP contribution in [0.2, 0.25) is 0 Å². The van der Waals surface area contributed by atoms with E-state index in [0.717, 1.165) is 51.7 Å². The molecule has 3 aromatic heterocycles. The van der Waals surface area contributed by atoms with Crippen molar-refractivity contribution in [2.24, 2.45) is 16.2 Å². The van der Waals surface area contributed by atoms with Crippen molar-refractivity contribution in [3.05, 3.63) is 59.9 Å². The number of nitrogens with zero attached hydrogens (tertiary/aromatic N) is 2. The van der Waals surface area contributed by atoms with E-state index in [4.69, 9.17) is 9.40 Å². The first kappa shape index (κ1) is 20.0. The van der Waals surface area contributed by atoms with Gasteiger partial charge in [0.2, 0.25) is 5.71 Å². The lowest BCUT2D eigenvalue weighted by molar-refractivity contribution is -0.00953. The molecule has 0 saturated heterocycles. The fraction of sp³-hybridized carbons (Fsp3) is 0.448. The third-order valence-electron chi connectivity index (χ3n) is 7.02. The van der Waals surface area contributed by atoms with Gasteiger partial charge in [-0.25, -0.2) is 4.98 Å². The van der Waals surface area contributed by atoms with Gasteiger partial charge in [-0.2, -0.15) is 0 Å². The van der Waals surface area contributed by atoms with Crippen LogP contribution in [0.25, 0.3) is 33.3 Å². The van der Waals surface area contributed by atoms with Gasteiger partial charge in [0.25, 0.3) is 0 Å². The van der Waals surface area contributed by atoms with Crippen LogP contribution in [0.4, 0.5) is 0 Å². The van der Waals surface area contributed by atoms with Gasteiger partial charge in [-0.15, -0.1) is 0 Å². The summed E-state index contributed by atoms with van der Waals surface area (Å²) in [6.45, 7) is 15.7. The van der Waals surface area contributed by atoms with Crippen molar-refractivity contribution >= 4 is 22.1 Å². The lowest BCUT2D eigenvalue weighted by atomic mass is 9.49. The van der Waals surface area contributed by atoms with E-state index in [0.29, 0.717) is 5.71 Å². The normalized spacial score (nSPS) is 21.5. The van der Waals surface area contributed by atoms with Gasteiger partial charge in [-0.3, -0.25) is 4.98 Å². The number of aromatic nitrogens is 2. The van der Waals surface area contributed by atoms with Crippen LogP contribution in [0.15, 0.2) is 53.1 Å². The Bertz CT molecular complexity index is 1360. The smallest absolute Gasteiger partial charge is 0.227 e. The highest BCUT2D eigenvalue weighted by molar-refractivity contribution is 6.08. The predicted molar refractivity (Wildman–Crippen MR) is 133 cm³/mol. The Balaban J connectivity index is 1.69. The van der Waals surface area contributed by atoms with Crippen molar-refractivity contribution in [3.63, 3.8) is 0 Å². The van der Waals surface area contributed by atoms with E-state index < -0.39 is 5.89 Å². The molecule has 0 aliphatic heterocycles. The molecule has 3 heteroatoms. The summed E-state index contributed by atoms with van der Waals surface area (Å²) in [6.07, 6.45) is 3.88. The van der Waals surface area contributed by atoms with Crippen LogP contribution < -0.4 is 0 Å². The quantitative estimate of drug-likeness (QED) is 0.323. The Morgan fingerprint density at radius 2 is 1.66 bits per heavy atom. The maximum absolute atomic E-state index is 9.92. The summed E-state index contributed by atoms with van der Waals surface area (Å²) in [4.78, 5) is 9.32. The van der Waals surface area contributed by atoms with E-state index >= 15 is 0 Å². The topological polar surface area (TPSA) is 38.9 Å². The first-order chi connectivity index (χ1) is 15.3. The van der Waals surface area contributed by atoms with Crippen LogP contribution in [0.5, 0.6) is 0 Å². The Hall–Kier alpha value is -2.68. The Morgan fingerprint density at radius 1 is 0.938 bits per heavy atom. The Labute approximate surface area is 192 Å². The van der Waals surface area contributed by atoms with Gasteiger partial charge in [0.1, 0.15) is 5.58 Å². The zero-order valence-electron chi connectivity index (χ0n) is 21.3. The van der Waals surface area contributed by atoms with Crippen LogP contribution in [-0.4, -0.2) is 9.97 Å². The molecular weight excluding hydrogens is 392 g/mol. The van der Waals surface area contributed by atoms with Gasteiger partial charge < -0.3 is 4.42 Å². The van der Waals surface area contributed by atoms with E-state index in [1.165, 1.54) is 0 Å². The van der Waals surface area contributed by atoms with Crippen LogP contribution in [0, 0.1) is 23.2 Å². The number of para-hydroxylation sites is 1. The highest BCUT2D eigenvalue weighted by Crippen LogP contribution is 2.61. The van der Waals surface area contributed by atoms with Crippen molar-refractivity contribution < 1.29 is 5.79 Å². The number of furan rings is 1. The molecule has 1 aliphatic rings. The number of pyridine rings is 2. The third-order valence-corrected chi connectivity index (χ3v) is 7.02. The second kappa shape index (κ2) is 6.91. The van der Waals surface area contributed by atoms with Crippen molar-refractivity contribution in [2.45, 2.75) is 67.2 Å². The number of fused-ring (bicyclic) bond motifs is 3. The van der Waals surface area contributed by atoms with E-state index in [2.05, 4.69) is 70.8 Å². The molecule has 1 saturated carbocycles. The molecule has 0 spiro atoms. The van der Waals surface area contributed by atoms with Crippen molar-refractivity contribution in [1.29, 1.82) is 0 Å². The molecule has 166 valence electrons. The largest absolute Gasteiger partial charge is 0.437 e. The number of hydrogen-bond acceptors (Lipinski definition) is 3. The molecule has 0 N–H and O–H groups in total. The molecule has 0 unspecified atom stereocenters. The first-order valence-electron chi connectivity index (χ1n) is 12.1. The number of rotatable bonds is 2. The summed E-state index contributed by atoms with van der Waals surface area (Å²) >= 11 is 0. The second-order valence-corrected chi connectivity index (χ2v) is 11.7. The summed E-state index contributed by atoms with van der Waals surface area (Å²) in [5.74, 6) is -0.742. The molecule has 0 bridgehead atoms. The zero-order valence-corrected chi connectivity index (χ0v) is 20.3. The average Bonchev–Trinajstić information content (AvgIpc) is 3.08. The molecule has 0 amide bonds. The minimum absolute atomic E-state index is 0.191. The van der Waals surface area contributed by atoms with E-state index in [1.807, 2.05) is 31.3 Å². The van der Waals surface area contributed by atoms with E-state index in [9.17, 15) is 1.37 Å². The molecule has 4 aromatic rings. The minimum Gasteiger partial charge on any atom is -0.437 e. The van der Waals surface area contributed by atoms with Crippen molar-refractivity contribution in [2.75, 3.05) is 0 Å². The van der Waals surface area contributed by atoms with Gasteiger partial charge >= 0.3 is 0 Å². The lowest BCUT2D eigenvalue weighted by Gasteiger charge is -2.55. The molecule has 5 rings (SSSR count). The van der Waals surface area contributed by atoms with Crippen LogP contribution in [-0.2, 0) is 0 Å². The Kier molecular flexibility index (Phi) is 4.31. The van der Waals surface area contributed by atoms with Crippen molar-refractivity contribution in [3.8, 4) is 11.3 Å². The monoisotopic (exact) mass is 427 g/mol. The molecular formula is C29H34N2O. The predicted octanol–water partition coefficient (Wildman–Crippen LogP) is 8.31. The van der Waals surface area contributed by atoms with Crippen LogP contribution in [0.3, 0.4) is 0 Å². The summed E-state index contributed by atoms with van der Waals surface area (Å²) in [7, 11) is 0. The molecule has 1 fully saturated rings. The molecule has 0 atom stereocenters. The summed E-state index contributed by atoms with van der Waals surface area (Å²) in [6, 6.07) is 14.4. The van der Waals surface area contributed by atoms with Gasteiger partial charge in [0.05, 0.1) is 5.69 Å². The molecule has 0 radical (unpaired) electrons. The van der Waals surface area contributed by atoms with E-state index in [-0.39, 0.29) is 16.2 Å². The SMILES string of the molecule is [2H]C1(c2ccnc(-c3cccc4c3oc3nc(C)ccc34)c2)C(C)(C)CC(C)(C)CC1(C)C. The highest BCUT2D eigenvalue weighted by Gasteiger charge is 2.50. The fourth-order valence-corrected chi connectivity index (χ4v) is 7.04. The molecule has 1 aliphatic carbocycles. The molecule has 3 nitrogen and oxygen atoms in total. The fourth-order valence-electron chi connectivity index (χ4n) is 7.04. The van der Waals surface area contributed by atoms with Crippen molar-refractivity contribution in [1.82, 2.24) is 9.97 Å².